The molecule has 2 aromatic rings. The summed E-state index contributed by atoms with van der Waals surface area (Å²) in [5.41, 5.74) is 2.27. The standard InChI is InChI=1S/C14H12N2O3S/c17-13(5-9-3-4-20-8-9)15-10-1-2-11-12(6-10)19-7-14(18)16-11/h1-4,6,8H,5,7H2,(H,15,17)(H,16,18). The van der Waals surface area contributed by atoms with Gasteiger partial charge in [0.2, 0.25) is 5.91 Å². The molecule has 2 heterocycles. The first-order valence-corrected chi connectivity index (χ1v) is 7.02. The molecular weight excluding hydrogens is 276 g/mol. The van der Waals surface area contributed by atoms with E-state index in [-0.39, 0.29) is 18.4 Å². The van der Waals surface area contributed by atoms with Crippen molar-refractivity contribution >= 4 is 34.5 Å². The van der Waals surface area contributed by atoms with Gasteiger partial charge in [0.15, 0.2) is 6.61 Å². The fourth-order valence-electron chi connectivity index (χ4n) is 1.94. The fraction of sp³-hybridized carbons (Fsp3) is 0.143. The molecule has 1 aromatic heterocycles. The average Bonchev–Trinajstić information content (AvgIpc) is 2.91. The molecule has 0 spiro atoms. The van der Waals surface area contributed by atoms with Gasteiger partial charge in [-0.2, -0.15) is 11.3 Å². The van der Waals surface area contributed by atoms with Crippen LogP contribution in [0.25, 0.3) is 0 Å². The van der Waals surface area contributed by atoms with Crippen molar-refractivity contribution < 1.29 is 14.3 Å². The number of carbonyl (C=O) groups excluding carboxylic acids is 2. The first-order chi connectivity index (χ1) is 9.70. The normalized spacial score (nSPS) is 13.1. The van der Waals surface area contributed by atoms with Crippen molar-refractivity contribution in [2.24, 2.45) is 0 Å². The van der Waals surface area contributed by atoms with E-state index in [1.54, 1.807) is 29.5 Å². The maximum absolute atomic E-state index is 11.9. The number of rotatable bonds is 3. The predicted molar refractivity (Wildman–Crippen MR) is 77.2 cm³/mol. The summed E-state index contributed by atoms with van der Waals surface area (Å²) in [5.74, 6) is 0.313. The van der Waals surface area contributed by atoms with E-state index in [1.165, 1.54) is 0 Å². The van der Waals surface area contributed by atoms with Gasteiger partial charge in [-0.15, -0.1) is 0 Å². The second-order valence-corrected chi connectivity index (χ2v) is 5.18. The molecule has 20 heavy (non-hydrogen) atoms. The van der Waals surface area contributed by atoms with E-state index in [1.807, 2.05) is 16.8 Å². The van der Waals surface area contributed by atoms with Gasteiger partial charge in [0.05, 0.1) is 12.1 Å². The summed E-state index contributed by atoms with van der Waals surface area (Å²) in [6.07, 6.45) is 0.345. The minimum Gasteiger partial charge on any atom is -0.482 e. The summed E-state index contributed by atoms with van der Waals surface area (Å²) in [5, 5.41) is 9.41. The molecule has 0 unspecified atom stereocenters. The third-order valence-electron chi connectivity index (χ3n) is 2.84. The fourth-order valence-corrected chi connectivity index (χ4v) is 2.60. The molecule has 3 rings (SSSR count). The third kappa shape index (κ3) is 2.80. The zero-order chi connectivity index (χ0) is 13.9. The van der Waals surface area contributed by atoms with Gasteiger partial charge in [-0.25, -0.2) is 0 Å². The molecule has 5 nitrogen and oxygen atoms in total. The molecule has 0 aliphatic carbocycles. The van der Waals surface area contributed by atoms with Crippen molar-refractivity contribution in [3.63, 3.8) is 0 Å². The number of ether oxygens (including phenoxy) is 1. The van der Waals surface area contributed by atoms with E-state index < -0.39 is 0 Å². The minimum absolute atomic E-state index is 0.000691. The van der Waals surface area contributed by atoms with Gasteiger partial charge >= 0.3 is 0 Å². The Morgan fingerprint density at radius 1 is 1.40 bits per heavy atom. The lowest BCUT2D eigenvalue weighted by molar-refractivity contribution is -0.118. The summed E-state index contributed by atoms with van der Waals surface area (Å²) in [6.45, 7) is -0.000691. The highest BCUT2D eigenvalue weighted by molar-refractivity contribution is 7.08. The lowest BCUT2D eigenvalue weighted by atomic mass is 10.2. The SMILES string of the molecule is O=C(Cc1ccsc1)Nc1ccc2c(c1)OCC(=O)N2. The number of anilines is 2. The van der Waals surface area contributed by atoms with E-state index in [0.717, 1.165) is 5.56 Å². The van der Waals surface area contributed by atoms with E-state index in [0.29, 0.717) is 23.5 Å². The van der Waals surface area contributed by atoms with Gasteiger partial charge < -0.3 is 15.4 Å². The van der Waals surface area contributed by atoms with Crippen LogP contribution >= 0.6 is 11.3 Å². The van der Waals surface area contributed by atoms with Gasteiger partial charge in [-0.05, 0) is 34.5 Å². The maximum Gasteiger partial charge on any atom is 0.262 e. The summed E-state index contributed by atoms with van der Waals surface area (Å²) in [6, 6.07) is 7.09. The maximum atomic E-state index is 11.9. The second-order valence-electron chi connectivity index (χ2n) is 4.40. The van der Waals surface area contributed by atoms with Crippen molar-refractivity contribution in [1.29, 1.82) is 0 Å². The molecule has 1 aliphatic heterocycles. The Labute approximate surface area is 119 Å². The largest absolute Gasteiger partial charge is 0.482 e. The highest BCUT2D eigenvalue weighted by Crippen LogP contribution is 2.30. The van der Waals surface area contributed by atoms with E-state index in [4.69, 9.17) is 4.74 Å². The van der Waals surface area contributed by atoms with E-state index >= 15 is 0 Å². The second kappa shape index (κ2) is 5.34. The van der Waals surface area contributed by atoms with Crippen LogP contribution in [0, 0.1) is 0 Å². The summed E-state index contributed by atoms with van der Waals surface area (Å²) >= 11 is 1.57. The molecule has 2 N–H and O–H groups in total. The van der Waals surface area contributed by atoms with E-state index in [9.17, 15) is 9.59 Å². The Bertz CT molecular complexity index is 652. The highest BCUT2D eigenvalue weighted by Gasteiger charge is 2.16. The average molecular weight is 288 g/mol. The molecular formula is C14H12N2O3S. The molecule has 2 amide bonds. The Morgan fingerprint density at radius 2 is 2.30 bits per heavy atom. The number of hydrogen-bond donors (Lipinski definition) is 2. The smallest absolute Gasteiger partial charge is 0.262 e. The number of hydrogen-bond acceptors (Lipinski definition) is 4. The number of fused-ring (bicyclic) bond motifs is 1. The Morgan fingerprint density at radius 3 is 3.10 bits per heavy atom. The molecule has 0 saturated carbocycles. The van der Waals surface area contributed by atoms with Crippen molar-refractivity contribution in [1.82, 2.24) is 0 Å². The van der Waals surface area contributed by atoms with Crippen LogP contribution < -0.4 is 15.4 Å². The number of carbonyl (C=O) groups is 2. The molecule has 6 heteroatoms. The monoisotopic (exact) mass is 288 g/mol. The number of thiophene rings is 1. The highest BCUT2D eigenvalue weighted by atomic mass is 32.1. The minimum atomic E-state index is -0.174. The topological polar surface area (TPSA) is 67.4 Å². The van der Waals surface area contributed by atoms with E-state index in [2.05, 4.69) is 10.6 Å². The molecule has 0 fully saturated rings. The quantitative estimate of drug-likeness (QED) is 0.910. The van der Waals surface area contributed by atoms with Crippen molar-refractivity contribution in [3.05, 3.63) is 40.6 Å². The summed E-state index contributed by atoms with van der Waals surface area (Å²) in [7, 11) is 0. The predicted octanol–water partition coefficient (Wildman–Crippen LogP) is 2.26. The molecule has 0 radical (unpaired) electrons. The number of benzene rings is 1. The van der Waals surface area contributed by atoms with Gasteiger partial charge in [0.25, 0.3) is 5.91 Å². The lowest BCUT2D eigenvalue weighted by Gasteiger charge is -2.18. The number of nitrogens with one attached hydrogen (secondary N) is 2. The third-order valence-corrected chi connectivity index (χ3v) is 3.58. The Kier molecular flexibility index (Phi) is 3.39. The molecule has 0 bridgehead atoms. The van der Waals surface area contributed by atoms with Crippen LogP contribution in [-0.2, 0) is 16.0 Å². The lowest BCUT2D eigenvalue weighted by Crippen LogP contribution is -2.25. The van der Waals surface area contributed by atoms with Crippen LogP contribution in [0.15, 0.2) is 35.0 Å². The van der Waals surface area contributed by atoms with Crippen molar-refractivity contribution in [2.45, 2.75) is 6.42 Å². The zero-order valence-corrected chi connectivity index (χ0v) is 11.3. The summed E-state index contributed by atoms with van der Waals surface area (Å²) < 4.78 is 5.30. The first kappa shape index (κ1) is 12.7. The van der Waals surface area contributed by atoms with Crippen LogP contribution in [0.1, 0.15) is 5.56 Å². The zero-order valence-electron chi connectivity index (χ0n) is 10.5. The van der Waals surface area contributed by atoms with Crippen LogP contribution in [0.2, 0.25) is 0 Å². The molecule has 1 aliphatic rings. The molecule has 1 aromatic carbocycles. The first-order valence-electron chi connectivity index (χ1n) is 6.08. The summed E-state index contributed by atoms with van der Waals surface area (Å²) in [4.78, 5) is 23.0. The van der Waals surface area contributed by atoms with Crippen LogP contribution in [0.5, 0.6) is 5.75 Å². The van der Waals surface area contributed by atoms with Crippen LogP contribution in [-0.4, -0.2) is 18.4 Å². The van der Waals surface area contributed by atoms with Gasteiger partial charge in [0.1, 0.15) is 5.75 Å². The number of amides is 2. The van der Waals surface area contributed by atoms with Gasteiger partial charge in [0, 0.05) is 11.8 Å². The Balaban J connectivity index is 1.69. The molecule has 102 valence electrons. The van der Waals surface area contributed by atoms with Gasteiger partial charge in [-0.1, -0.05) is 0 Å². The molecule has 0 saturated heterocycles. The van der Waals surface area contributed by atoms with Gasteiger partial charge in [-0.3, -0.25) is 9.59 Å². The Hall–Kier alpha value is -2.34. The van der Waals surface area contributed by atoms with Crippen molar-refractivity contribution in [2.75, 3.05) is 17.2 Å². The molecule has 0 atom stereocenters. The van der Waals surface area contributed by atoms with Crippen molar-refractivity contribution in [3.8, 4) is 5.75 Å². The van der Waals surface area contributed by atoms with Crippen LogP contribution in [0.3, 0.4) is 0 Å². The van der Waals surface area contributed by atoms with Crippen LogP contribution in [0.4, 0.5) is 11.4 Å².